The lowest BCUT2D eigenvalue weighted by atomic mass is 9.96. The van der Waals surface area contributed by atoms with Crippen LogP contribution in [0.3, 0.4) is 0 Å². The maximum absolute atomic E-state index is 13.2. The van der Waals surface area contributed by atoms with Gasteiger partial charge < -0.3 is 14.7 Å². The van der Waals surface area contributed by atoms with E-state index in [1.165, 1.54) is 10.4 Å². The highest BCUT2D eigenvalue weighted by Gasteiger charge is 2.38. The van der Waals surface area contributed by atoms with Gasteiger partial charge in [-0.25, -0.2) is 0 Å². The molecule has 0 aliphatic carbocycles. The molecule has 2 atom stereocenters. The first-order chi connectivity index (χ1) is 15.0. The van der Waals surface area contributed by atoms with E-state index in [1.54, 1.807) is 23.3 Å². The van der Waals surface area contributed by atoms with Crippen LogP contribution in [0.2, 0.25) is 0 Å². The number of likely N-dealkylation sites (tertiary alicyclic amines) is 1. The Labute approximate surface area is 187 Å². The van der Waals surface area contributed by atoms with E-state index in [0.717, 1.165) is 5.56 Å². The summed E-state index contributed by atoms with van der Waals surface area (Å²) < 4.78 is 0. The smallest absolute Gasteiger partial charge is 0.228 e. The summed E-state index contributed by atoms with van der Waals surface area (Å²) in [6.45, 7) is 4.57. The first-order valence-electron chi connectivity index (χ1n) is 10.9. The van der Waals surface area contributed by atoms with Gasteiger partial charge in [-0.05, 0) is 35.9 Å². The molecule has 0 saturated carbocycles. The second-order valence-corrected chi connectivity index (χ2v) is 9.40. The molecule has 2 fully saturated rings. The molecule has 3 amide bonds. The predicted molar refractivity (Wildman–Crippen MR) is 122 cm³/mol. The summed E-state index contributed by atoms with van der Waals surface area (Å²) in [6, 6.07) is 12.5. The molecule has 2 saturated heterocycles. The zero-order valence-electron chi connectivity index (χ0n) is 18.1. The quantitative estimate of drug-likeness (QED) is 0.720. The van der Waals surface area contributed by atoms with Crippen LogP contribution in [0, 0.1) is 11.8 Å². The van der Waals surface area contributed by atoms with Gasteiger partial charge in [-0.15, -0.1) is 11.3 Å². The van der Waals surface area contributed by atoms with Crippen LogP contribution >= 0.6 is 11.3 Å². The van der Waals surface area contributed by atoms with Crippen molar-refractivity contribution in [2.24, 2.45) is 11.8 Å². The lowest BCUT2D eigenvalue weighted by molar-refractivity contribution is -0.137. The Bertz CT molecular complexity index is 941. The average Bonchev–Trinajstić information content (AvgIpc) is 3.39. The highest BCUT2D eigenvalue weighted by atomic mass is 32.1. The number of thiophene rings is 1. The van der Waals surface area contributed by atoms with Crippen LogP contribution in [0.1, 0.15) is 18.9 Å². The molecule has 0 radical (unpaired) electrons. The summed E-state index contributed by atoms with van der Waals surface area (Å²) in [5, 5.41) is 2.06. The van der Waals surface area contributed by atoms with Crippen molar-refractivity contribution in [3.05, 3.63) is 47.3 Å². The van der Waals surface area contributed by atoms with Gasteiger partial charge in [0.15, 0.2) is 0 Å². The predicted octanol–water partition coefficient (Wildman–Crippen LogP) is 2.74. The van der Waals surface area contributed by atoms with E-state index in [9.17, 15) is 14.4 Å². The molecule has 7 heteroatoms. The third-order valence-electron chi connectivity index (χ3n) is 6.37. The van der Waals surface area contributed by atoms with Crippen molar-refractivity contribution in [2.45, 2.75) is 19.8 Å². The van der Waals surface area contributed by atoms with Crippen LogP contribution < -0.4 is 0 Å². The number of rotatable bonds is 5. The van der Waals surface area contributed by atoms with Gasteiger partial charge in [-0.3, -0.25) is 14.4 Å². The van der Waals surface area contributed by atoms with E-state index >= 15 is 0 Å². The zero-order valence-corrected chi connectivity index (χ0v) is 18.9. The Morgan fingerprint density at radius 3 is 2.48 bits per heavy atom. The van der Waals surface area contributed by atoms with Crippen molar-refractivity contribution < 1.29 is 14.4 Å². The molecular formula is C24H29N3O3S. The second-order valence-electron chi connectivity index (χ2n) is 8.45. The minimum Gasteiger partial charge on any atom is -0.345 e. The van der Waals surface area contributed by atoms with E-state index in [2.05, 4.69) is 35.7 Å². The Kier molecular flexibility index (Phi) is 6.41. The Hall–Kier alpha value is -2.67. The van der Waals surface area contributed by atoms with E-state index in [4.69, 9.17) is 0 Å². The zero-order chi connectivity index (χ0) is 22.0. The number of benzene rings is 1. The second kappa shape index (κ2) is 9.22. The summed E-state index contributed by atoms with van der Waals surface area (Å²) >= 11 is 1.71. The standard InChI is InChI=1S/C24H29N3O3S/c1-3-26-10-11-27(24(30)20-14-22(28)25(2)15-20)16-19(23(26)29)13-17-6-8-18(9-7-17)21-5-4-12-31-21/h4-9,12,19-20H,3,10-11,13-16H2,1-2H3/t19-,20-/m0/s1. The van der Waals surface area contributed by atoms with Gasteiger partial charge in [0.05, 0.1) is 11.8 Å². The maximum atomic E-state index is 13.2. The van der Waals surface area contributed by atoms with Gasteiger partial charge in [0, 0.05) is 51.1 Å². The largest absolute Gasteiger partial charge is 0.345 e. The van der Waals surface area contributed by atoms with E-state index < -0.39 is 0 Å². The van der Waals surface area contributed by atoms with Crippen molar-refractivity contribution in [3.63, 3.8) is 0 Å². The number of hydrogen-bond donors (Lipinski definition) is 0. The molecule has 31 heavy (non-hydrogen) atoms. The molecule has 0 unspecified atom stereocenters. The van der Waals surface area contributed by atoms with Crippen molar-refractivity contribution in [2.75, 3.05) is 39.8 Å². The third-order valence-corrected chi connectivity index (χ3v) is 7.29. The first-order valence-corrected chi connectivity index (χ1v) is 11.8. The lowest BCUT2D eigenvalue weighted by Gasteiger charge is -2.25. The molecule has 0 bridgehead atoms. The number of likely N-dealkylation sites (N-methyl/N-ethyl adjacent to an activating group) is 1. The van der Waals surface area contributed by atoms with E-state index in [1.807, 2.05) is 22.8 Å². The molecule has 3 heterocycles. The average molecular weight is 440 g/mol. The summed E-state index contributed by atoms with van der Waals surface area (Å²) in [6.07, 6.45) is 0.874. The van der Waals surface area contributed by atoms with Crippen molar-refractivity contribution in [1.82, 2.24) is 14.7 Å². The fourth-order valence-electron chi connectivity index (χ4n) is 4.53. The molecule has 1 aromatic carbocycles. The molecule has 164 valence electrons. The summed E-state index contributed by atoms with van der Waals surface area (Å²) in [5.74, 6) is -0.441. The maximum Gasteiger partial charge on any atom is 0.228 e. The van der Waals surface area contributed by atoms with E-state index in [-0.39, 0.29) is 36.0 Å². The lowest BCUT2D eigenvalue weighted by Crippen LogP contribution is -2.41. The monoisotopic (exact) mass is 439 g/mol. The van der Waals surface area contributed by atoms with Crippen molar-refractivity contribution in [1.29, 1.82) is 0 Å². The van der Waals surface area contributed by atoms with Crippen LogP contribution in [0.4, 0.5) is 0 Å². The van der Waals surface area contributed by atoms with Gasteiger partial charge in [-0.2, -0.15) is 0 Å². The van der Waals surface area contributed by atoms with Gasteiger partial charge in [0.2, 0.25) is 17.7 Å². The molecule has 2 aliphatic rings. The first kappa shape index (κ1) is 21.6. The number of amides is 3. The SMILES string of the molecule is CCN1CCN(C(=O)[C@H]2CC(=O)N(C)C2)C[C@H](Cc2ccc(-c3cccs3)cc2)C1=O. The Morgan fingerprint density at radius 1 is 1.10 bits per heavy atom. The minimum absolute atomic E-state index is 0.00139. The number of carbonyl (C=O) groups is 3. The summed E-state index contributed by atoms with van der Waals surface area (Å²) in [4.78, 5) is 44.7. The molecule has 4 rings (SSSR count). The van der Waals surface area contributed by atoms with Crippen LogP contribution in [-0.4, -0.2) is 72.2 Å². The molecule has 2 aliphatic heterocycles. The van der Waals surface area contributed by atoms with Crippen molar-refractivity contribution >= 4 is 29.1 Å². The summed E-state index contributed by atoms with van der Waals surface area (Å²) in [7, 11) is 1.74. The van der Waals surface area contributed by atoms with Crippen LogP contribution in [0.15, 0.2) is 41.8 Å². The van der Waals surface area contributed by atoms with Crippen LogP contribution in [0.25, 0.3) is 10.4 Å². The topological polar surface area (TPSA) is 60.9 Å². The van der Waals surface area contributed by atoms with E-state index in [0.29, 0.717) is 39.1 Å². The molecule has 2 aromatic rings. The normalized spacial score (nSPS) is 22.2. The molecule has 0 N–H and O–H groups in total. The fourth-order valence-corrected chi connectivity index (χ4v) is 5.26. The van der Waals surface area contributed by atoms with Crippen molar-refractivity contribution in [3.8, 4) is 10.4 Å². The molecule has 1 aromatic heterocycles. The van der Waals surface area contributed by atoms with Crippen LogP contribution in [-0.2, 0) is 20.8 Å². The minimum atomic E-state index is -0.300. The highest BCUT2D eigenvalue weighted by molar-refractivity contribution is 7.13. The summed E-state index contributed by atoms with van der Waals surface area (Å²) in [5.41, 5.74) is 2.27. The number of nitrogens with zero attached hydrogens (tertiary/aromatic N) is 3. The van der Waals surface area contributed by atoms with Gasteiger partial charge in [0.1, 0.15) is 0 Å². The third kappa shape index (κ3) is 4.66. The number of hydrogen-bond acceptors (Lipinski definition) is 4. The van der Waals surface area contributed by atoms with Crippen LogP contribution in [0.5, 0.6) is 0 Å². The molecular weight excluding hydrogens is 410 g/mol. The number of carbonyl (C=O) groups excluding carboxylic acids is 3. The van der Waals surface area contributed by atoms with Gasteiger partial charge in [0.25, 0.3) is 0 Å². The fraction of sp³-hybridized carbons (Fsp3) is 0.458. The highest BCUT2D eigenvalue weighted by Crippen LogP contribution is 2.26. The van der Waals surface area contributed by atoms with Gasteiger partial charge in [-0.1, -0.05) is 30.3 Å². The molecule has 6 nitrogen and oxygen atoms in total. The van der Waals surface area contributed by atoms with Gasteiger partial charge >= 0.3 is 0 Å². The Morgan fingerprint density at radius 2 is 1.87 bits per heavy atom. The Balaban J connectivity index is 1.49. The molecule has 0 spiro atoms.